The van der Waals surface area contributed by atoms with E-state index < -0.39 is 23.5 Å². The number of methoxy groups -OCH3 is 2. The van der Waals surface area contributed by atoms with E-state index in [4.69, 9.17) is 9.47 Å². The SMILES string of the molecule is COc1cccc(OC)c1/C(O)=C1\C(=O)C(=O)N(c2ccc(C#N)cc2)C1c1ccc(C(C)(C)C)cc1. The molecule has 3 aromatic carbocycles. The molecule has 0 aliphatic carbocycles. The van der Waals surface area contributed by atoms with Crippen molar-refractivity contribution >= 4 is 23.1 Å². The largest absolute Gasteiger partial charge is 0.506 e. The number of nitriles is 1. The maximum absolute atomic E-state index is 13.5. The van der Waals surface area contributed by atoms with Crippen LogP contribution in [0.4, 0.5) is 5.69 Å². The zero-order valence-electron chi connectivity index (χ0n) is 21.4. The highest BCUT2D eigenvalue weighted by Crippen LogP contribution is 2.45. The number of carbonyl (C=O) groups is 2. The van der Waals surface area contributed by atoms with E-state index in [2.05, 4.69) is 26.8 Å². The number of amides is 1. The van der Waals surface area contributed by atoms with Gasteiger partial charge in [-0.25, -0.2) is 0 Å². The molecule has 1 unspecified atom stereocenters. The van der Waals surface area contributed by atoms with E-state index in [1.807, 2.05) is 24.3 Å². The van der Waals surface area contributed by atoms with Crippen LogP contribution in [0.3, 0.4) is 0 Å². The summed E-state index contributed by atoms with van der Waals surface area (Å²) >= 11 is 0. The molecule has 0 radical (unpaired) electrons. The smallest absolute Gasteiger partial charge is 0.300 e. The Morgan fingerprint density at radius 3 is 1.97 bits per heavy atom. The van der Waals surface area contributed by atoms with Crippen molar-refractivity contribution in [2.45, 2.75) is 32.2 Å². The molecule has 1 aliphatic rings. The van der Waals surface area contributed by atoms with Crippen molar-refractivity contribution in [3.05, 3.63) is 94.6 Å². The van der Waals surface area contributed by atoms with E-state index in [0.717, 1.165) is 5.56 Å². The summed E-state index contributed by atoms with van der Waals surface area (Å²) in [5.41, 5.74) is 2.58. The number of aliphatic hydroxyl groups excluding tert-OH is 1. The lowest BCUT2D eigenvalue weighted by molar-refractivity contribution is -0.132. The monoisotopic (exact) mass is 496 g/mol. The number of ether oxygens (including phenoxy) is 2. The van der Waals surface area contributed by atoms with Gasteiger partial charge >= 0.3 is 0 Å². The summed E-state index contributed by atoms with van der Waals surface area (Å²) < 4.78 is 10.9. The Hall–Kier alpha value is -4.57. The quantitative estimate of drug-likeness (QED) is 0.284. The first kappa shape index (κ1) is 25.5. The lowest BCUT2D eigenvalue weighted by Crippen LogP contribution is -2.29. The van der Waals surface area contributed by atoms with Gasteiger partial charge in [-0.2, -0.15) is 5.26 Å². The number of hydrogen-bond acceptors (Lipinski definition) is 6. The maximum Gasteiger partial charge on any atom is 0.300 e. The summed E-state index contributed by atoms with van der Waals surface area (Å²) in [4.78, 5) is 28.3. The molecule has 188 valence electrons. The third-order valence-corrected chi connectivity index (χ3v) is 6.48. The molecule has 1 aliphatic heterocycles. The zero-order valence-corrected chi connectivity index (χ0v) is 21.4. The average Bonchev–Trinajstić information content (AvgIpc) is 3.17. The van der Waals surface area contributed by atoms with Crippen LogP contribution in [0.2, 0.25) is 0 Å². The molecule has 1 amide bonds. The van der Waals surface area contributed by atoms with Crippen LogP contribution in [-0.4, -0.2) is 31.0 Å². The number of nitrogens with zero attached hydrogens (tertiary/aromatic N) is 2. The van der Waals surface area contributed by atoms with Crippen molar-refractivity contribution in [3.63, 3.8) is 0 Å². The van der Waals surface area contributed by atoms with Gasteiger partial charge in [-0.1, -0.05) is 51.1 Å². The summed E-state index contributed by atoms with van der Waals surface area (Å²) in [6.45, 7) is 6.29. The Bertz CT molecular complexity index is 1400. The minimum atomic E-state index is -0.920. The molecule has 0 spiro atoms. The summed E-state index contributed by atoms with van der Waals surface area (Å²) in [7, 11) is 2.90. The van der Waals surface area contributed by atoms with Crippen LogP contribution in [0.25, 0.3) is 5.76 Å². The predicted molar refractivity (Wildman–Crippen MR) is 141 cm³/mol. The van der Waals surface area contributed by atoms with Crippen molar-refractivity contribution in [2.75, 3.05) is 19.1 Å². The van der Waals surface area contributed by atoms with Crippen LogP contribution in [0.5, 0.6) is 11.5 Å². The Labute approximate surface area is 216 Å². The van der Waals surface area contributed by atoms with Gasteiger partial charge in [0.1, 0.15) is 22.8 Å². The lowest BCUT2D eigenvalue weighted by atomic mass is 9.85. The van der Waals surface area contributed by atoms with Gasteiger partial charge in [0.2, 0.25) is 0 Å². The van der Waals surface area contributed by atoms with Crippen LogP contribution in [0.15, 0.2) is 72.3 Å². The third-order valence-electron chi connectivity index (χ3n) is 6.48. The molecule has 0 saturated carbocycles. The highest BCUT2D eigenvalue weighted by atomic mass is 16.5. The van der Waals surface area contributed by atoms with Crippen molar-refractivity contribution in [1.82, 2.24) is 0 Å². The van der Waals surface area contributed by atoms with Crippen LogP contribution in [-0.2, 0) is 15.0 Å². The molecular formula is C30H28N2O5. The second-order valence-corrected chi connectivity index (χ2v) is 9.74. The second-order valence-electron chi connectivity index (χ2n) is 9.74. The predicted octanol–water partition coefficient (Wildman–Crippen LogP) is 5.50. The van der Waals surface area contributed by atoms with Crippen LogP contribution in [0.1, 0.15) is 49.1 Å². The van der Waals surface area contributed by atoms with Crippen LogP contribution >= 0.6 is 0 Å². The third kappa shape index (κ3) is 4.54. The van der Waals surface area contributed by atoms with E-state index in [9.17, 15) is 20.0 Å². The molecule has 1 atom stereocenters. The first-order valence-corrected chi connectivity index (χ1v) is 11.7. The van der Waals surface area contributed by atoms with Crippen LogP contribution in [0, 0.1) is 11.3 Å². The fourth-order valence-corrected chi connectivity index (χ4v) is 4.50. The molecule has 7 nitrogen and oxygen atoms in total. The summed E-state index contributed by atoms with van der Waals surface area (Å²) in [5.74, 6) is -1.43. The first-order valence-electron chi connectivity index (χ1n) is 11.7. The standard InChI is InChI=1S/C30H28N2O5/c1-30(2,3)20-13-11-19(12-14-20)26-25(27(33)24-22(36-4)7-6-8-23(24)37-5)28(34)29(35)32(26)21-15-9-18(17-31)10-16-21/h6-16,26,33H,1-5H3/b27-25+. The molecule has 4 rings (SSSR count). The molecule has 3 aromatic rings. The number of carbonyl (C=O) groups excluding carboxylic acids is 2. The number of hydrogen-bond donors (Lipinski definition) is 1. The fourth-order valence-electron chi connectivity index (χ4n) is 4.50. The van der Waals surface area contributed by atoms with Gasteiger partial charge in [0, 0.05) is 5.69 Å². The number of aliphatic hydroxyl groups is 1. The Morgan fingerprint density at radius 1 is 0.919 bits per heavy atom. The van der Waals surface area contributed by atoms with Gasteiger partial charge in [0.05, 0.1) is 37.5 Å². The zero-order chi connectivity index (χ0) is 26.9. The number of anilines is 1. The minimum Gasteiger partial charge on any atom is -0.506 e. The average molecular weight is 497 g/mol. The summed E-state index contributed by atoms with van der Waals surface area (Å²) in [5, 5.41) is 20.8. The van der Waals surface area contributed by atoms with E-state index in [1.165, 1.54) is 19.1 Å². The molecule has 1 fully saturated rings. The maximum atomic E-state index is 13.5. The van der Waals surface area contributed by atoms with E-state index in [-0.39, 0.29) is 16.6 Å². The molecule has 0 bridgehead atoms. The highest BCUT2D eigenvalue weighted by Gasteiger charge is 2.47. The lowest BCUT2D eigenvalue weighted by Gasteiger charge is -2.27. The number of benzene rings is 3. The van der Waals surface area contributed by atoms with Gasteiger partial charge in [0.25, 0.3) is 11.7 Å². The second kappa shape index (κ2) is 9.82. The molecule has 1 N–H and O–H groups in total. The van der Waals surface area contributed by atoms with Gasteiger partial charge in [-0.15, -0.1) is 0 Å². The first-order chi connectivity index (χ1) is 17.6. The minimum absolute atomic E-state index is 0.0827. The van der Waals surface area contributed by atoms with Crippen LogP contribution < -0.4 is 14.4 Å². The van der Waals surface area contributed by atoms with Gasteiger partial charge < -0.3 is 14.6 Å². The number of Topliss-reactive ketones (excluding diaryl/α,β-unsaturated/α-hetero) is 1. The van der Waals surface area contributed by atoms with Crippen molar-refractivity contribution < 1.29 is 24.2 Å². The summed E-state index contributed by atoms with van der Waals surface area (Å²) in [6.07, 6.45) is 0. The van der Waals surface area contributed by atoms with Gasteiger partial charge in [-0.3, -0.25) is 14.5 Å². The Morgan fingerprint density at radius 2 is 1.49 bits per heavy atom. The van der Waals surface area contributed by atoms with E-state index >= 15 is 0 Å². The van der Waals surface area contributed by atoms with Gasteiger partial charge in [-0.05, 0) is 52.9 Å². The molecule has 1 heterocycles. The van der Waals surface area contributed by atoms with Crippen molar-refractivity contribution in [1.29, 1.82) is 5.26 Å². The number of rotatable bonds is 5. The topological polar surface area (TPSA) is 99.9 Å². The highest BCUT2D eigenvalue weighted by molar-refractivity contribution is 6.51. The van der Waals surface area contributed by atoms with Crippen molar-refractivity contribution in [2.24, 2.45) is 0 Å². The molecule has 0 aromatic heterocycles. The molecule has 1 saturated heterocycles. The molecule has 37 heavy (non-hydrogen) atoms. The van der Waals surface area contributed by atoms with E-state index in [0.29, 0.717) is 28.3 Å². The number of ketones is 1. The normalized spacial score (nSPS) is 17.0. The molecular weight excluding hydrogens is 468 g/mol. The summed E-state index contributed by atoms with van der Waals surface area (Å²) in [6, 6.07) is 20.1. The fraction of sp³-hybridized carbons (Fsp3) is 0.233. The van der Waals surface area contributed by atoms with E-state index in [1.54, 1.807) is 42.5 Å². The van der Waals surface area contributed by atoms with Crippen molar-refractivity contribution in [3.8, 4) is 17.6 Å². The van der Waals surface area contributed by atoms with Gasteiger partial charge in [0.15, 0.2) is 0 Å². The molecule has 7 heteroatoms. The Kier molecular flexibility index (Phi) is 6.78. The Balaban J connectivity index is 1.99.